The molecule has 15 heteroatoms. The maximum atomic E-state index is 13.0. The minimum absolute atomic E-state index is 0.0814. The largest absolute Gasteiger partial charge is 0.481 e. The van der Waals surface area contributed by atoms with E-state index in [1.165, 1.54) is 6.92 Å². The predicted octanol–water partition coefficient (Wildman–Crippen LogP) is -0.780. The number of carboxylic acid groups (broad SMARTS) is 1. The first-order valence-corrected chi connectivity index (χ1v) is 12.9. The van der Waals surface area contributed by atoms with E-state index in [2.05, 4.69) is 21.3 Å². The van der Waals surface area contributed by atoms with Gasteiger partial charge in [-0.05, 0) is 30.0 Å². The highest BCUT2D eigenvalue weighted by Crippen LogP contribution is 2.11. The number of nitrogens with zero attached hydrogens (tertiary/aromatic N) is 1. The highest BCUT2D eigenvalue weighted by molar-refractivity contribution is 6.14. The van der Waals surface area contributed by atoms with Crippen LogP contribution in [-0.4, -0.2) is 82.6 Å². The minimum Gasteiger partial charge on any atom is -0.481 e. The standard InChI is InChI=1S/C27H33N5O10/c1-15(2)25(27(41)28-12-20(34)29-18-6-4-17(5-7-18)14-42-16(3)33)31-26(40)19(8-11-24(38)39)30-21(35)13-32-22(36)9-10-23(32)37/h4-7,9-10,15,19,25H,8,11-14H2,1-3H3,(H,28,41)(H,29,34)(H,30,35)(H,31,40)(H,38,39). The molecule has 1 aliphatic rings. The smallest absolute Gasteiger partial charge is 0.303 e. The van der Waals surface area contributed by atoms with Gasteiger partial charge in [-0.1, -0.05) is 26.0 Å². The summed E-state index contributed by atoms with van der Waals surface area (Å²) >= 11 is 0. The number of hydrogen-bond acceptors (Lipinski definition) is 9. The van der Waals surface area contributed by atoms with Gasteiger partial charge in [-0.15, -0.1) is 0 Å². The Balaban J connectivity index is 1.95. The number of rotatable bonds is 15. The number of anilines is 1. The molecule has 0 spiro atoms. The van der Waals surface area contributed by atoms with Crippen LogP contribution in [0.15, 0.2) is 36.4 Å². The molecule has 0 bridgehead atoms. The average molecular weight is 588 g/mol. The third-order valence-electron chi connectivity index (χ3n) is 5.85. The summed E-state index contributed by atoms with van der Waals surface area (Å²) in [7, 11) is 0. The number of hydrogen-bond donors (Lipinski definition) is 5. The predicted molar refractivity (Wildman–Crippen MR) is 145 cm³/mol. The van der Waals surface area contributed by atoms with Gasteiger partial charge in [-0.2, -0.15) is 0 Å². The second-order valence-electron chi connectivity index (χ2n) is 9.62. The normalized spacial score (nSPS) is 13.8. The first kappa shape index (κ1) is 33.1. The molecule has 0 aliphatic carbocycles. The summed E-state index contributed by atoms with van der Waals surface area (Å²) in [6.45, 7) is 3.52. The molecule has 15 nitrogen and oxygen atoms in total. The van der Waals surface area contributed by atoms with Gasteiger partial charge in [0, 0.05) is 31.2 Å². The number of nitrogens with one attached hydrogen (secondary N) is 4. The Bertz CT molecular complexity index is 1240. The van der Waals surface area contributed by atoms with E-state index in [4.69, 9.17) is 9.84 Å². The molecule has 42 heavy (non-hydrogen) atoms. The summed E-state index contributed by atoms with van der Waals surface area (Å²) in [5.74, 6) is -6.56. The number of carbonyl (C=O) groups excluding carboxylic acids is 7. The van der Waals surface area contributed by atoms with Crippen molar-refractivity contribution in [3.05, 3.63) is 42.0 Å². The van der Waals surface area contributed by atoms with Crippen LogP contribution in [0.4, 0.5) is 5.69 Å². The van der Waals surface area contributed by atoms with E-state index in [9.17, 15) is 38.4 Å². The highest BCUT2D eigenvalue weighted by atomic mass is 16.5. The summed E-state index contributed by atoms with van der Waals surface area (Å²) in [6.07, 6.45) is 1.15. The van der Waals surface area contributed by atoms with Crippen LogP contribution in [0.5, 0.6) is 0 Å². The van der Waals surface area contributed by atoms with Crippen LogP contribution in [0.25, 0.3) is 0 Å². The molecule has 6 amide bonds. The van der Waals surface area contributed by atoms with Crippen LogP contribution in [-0.2, 0) is 49.7 Å². The van der Waals surface area contributed by atoms with Crippen molar-refractivity contribution >= 4 is 53.1 Å². The third kappa shape index (κ3) is 10.8. The molecule has 2 rings (SSSR count). The molecule has 2 atom stereocenters. The molecule has 2 unspecified atom stereocenters. The lowest BCUT2D eigenvalue weighted by atomic mass is 10.0. The van der Waals surface area contributed by atoms with Crippen molar-refractivity contribution in [3.63, 3.8) is 0 Å². The summed E-state index contributed by atoms with van der Waals surface area (Å²) in [4.78, 5) is 96.7. The molecule has 0 fully saturated rings. The van der Waals surface area contributed by atoms with Crippen molar-refractivity contribution in [2.24, 2.45) is 5.92 Å². The van der Waals surface area contributed by atoms with Gasteiger partial charge in [-0.3, -0.25) is 43.3 Å². The van der Waals surface area contributed by atoms with Gasteiger partial charge < -0.3 is 31.1 Å². The van der Waals surface area contributed by atoms with Gasteiger partial charge >= 0.3 is 11.9 Å². The van der Waals surface area contributed by atoms with Crippen LogP contribution < -0.4 is 21.3 Å². The quantitative estimate of drug-likeness (QED) is 0.127. The van der Waals surface area contributed by atoms with Crippen molar-refractivity contribution in [2.75, 3.05) is 18.4 Å². The molecular formula is C27H33N5O10. The van der Waals surface area contributed by atoms with Crippen molar-refractivity contribution in [1.29, 1.82) is 0 Å². The summed E-state index contributed by atoms with van der Waals surface area (Å²) in [6, 6.07) is 3.94. The second kappa shape index (κ2) is 15.6. The number of esters is 1. The summed E-state index contributed by atoms with van der Waals surface area (Å²) in [5, 5.41) is 18.9. The molecule has 0 aromatic heterocycles. The Morgan fingerprint density at radius 1 is 0.905 bits per heavy atom. The molecule has 226 valence electrons. The van der Waals surface area contributed by atoms with Crippen LogP contribution in [0.2, 0.25) is 0 Å². The van der Waals surface area contributed by atoms with Gasteiger partial charge in [-0.25, -0.2) is 0 Å². The molecule has 0 saturated carbocycles. The monoisotopic (exact) mass is 587 g/mol. The van der Waals surface area contributed by atoms with Gasteiger partial charge in [0.1, 0.15) is 25.2 Å². The first-order valence-electron chi connectivity index (χ1n) is 12.9. The first-order chi connectivity index (χ1) is 19.8. The molecular weight excluding hydrogens is 554 g/mol. The van der Waals surface area contributed by atoms with Gasteiger partial charge in [0.05, 0.1) is 6.54 Å². The Morgan fingerprint density at radius 2 is 1.52 bits per heavy atom. The van der Waals surface area contributed by atoms with E-state index in [0.717, 1.165) is 12.2 Å². The van der Waals surface area contributed by atoms with Crippen molar-refractivity contribution < 1.29 is 48.2 Å². The summed E-state index contributed by atoms with van der Waals surface area (Å²) in [5.41, 5.74) is 1.14. The number of aliphatic carboxylic acids is 1. The van der Waals surface area contributed by atoms with E-state index >= 15 is 0 Å². The maximum Gasteiger partial charge on any atom is 0.303 e. The van der Waals surface area contributed by atoms with E-state index < -0.39 is 84.9 Å². The number of carboxylic acids is 1. The number of imide groups is 1. The lowest BCUT2D eigenvalue weighted by Gasteiger charge is -2.25. The molecule has 1 aromatic rings. The molecule has 1 aliphatic heterocycles. The number of carbonyl (C=O) groups is 8. The Labute approximate surface area is 241 Å². The highest BCUT2D eigenvalue weighted by Gasteiger charge is 2.31. The molecule has 1 aromatic carbocycles. The minimum atomic E-state index is -1.39. The number of ether oxygens (including phenoxy) is 1. The number of amides is 6. The lowest BCUT2D eigenvalue weighted by Crippen LogP contribution is -2.56. The molecule has 1 heterocycles. The lowest BCUT2D eigenvalue weighted by molar-refractivity contribution is -0.142. The fourth-order valence-corrected chi connectivity index (χ4v) is 3.65. The van der Waals surface area contributed by atoms with Crippen LogP contribution in [0, 0.1) is 5.92 Å². The van der Waals surface area contributed by atoms with Crippen molar-refractivity contribution in [1.82, 2.24) is 20.9 Å². The molecule has 0 saturated heterocycles. The fourth-order valence-electron chi connectivity index (χ4n) is 3.65. The Hall–Kier alpha value is -5.08. The molecule has 5 N–H and O–H groups in total. The van der Waals surface area contributed by atoms with E-state index in [1.54, 1.807) is 38.1 Å². The van der Waals surface area contributed by atoms with Crippen LogP contribution in [0.1, 0.15) is 39.2 Å². The SMILES string of the molecule is CC(=O)OCc1ccc(NC(=O)CNC(=O)C(NC(=O)C(CCC(=O)O)NC(=O)CN2C(=O)C=CC2=O)C(C)C)cc1. The fraction of sp³-hybridized carbons (Fsp3) is 0.407. The Kier molecular flexibility index (Phi) is 12.3. The Morgan fingerprint density at radius 3 is 2.07 bits per heavy atom. The summed E-state index contributed by atoms with van der Waals surface area (Å²) < 4.78 is 4.90. The van der Waals surface area contributed by atoms with Gasteiger partial charge in [0.25, 0.3) is 11.8 Å². The number of benzene rings is 1. The van der Waals surface area contributed by atoms with E-state index in [1.807, 2.05) is 0 Å². The van der Waals surface area contributed by atoms with Crippen LogP contribution >= 0.6 is 0 Å². The zero-order valence-electron chi connectivity index (χ0n) is 23.3. The van der Waals surface area contributed by atoms with Crippen molar-refractivity contribution in [2.45, 2.75) is 52.3 Å². The van der Waals surface area contributed by atoms with Crippen LogP contribution in [0.3, 0.4) is 0 Å². The van der Waals surface area contributed by atoms with E-state index in [0.29, 0.717) is 16.2 Å². The molecule has 0 radical (unpaired) electrons. The zero-order chi connectivity index (χ0) is 31.4. The third-order valence-corrected chi connectivity index (χ3v) is 5.85. The maximum absolute atomic E-state index is 13.0. The van der Waals surface area contributed by atoms with E-state index in [-0.39, 0.29) is 13.0 Å². The topological polar surface area (TPSA) is 217 Å². The zero-order valence-corrected chi connectivity index (χ0v) is 23.3. The second-order valence-corrected chi connectivity index (χ2v) is 9.62. The van der Waals surface area contributed by atoms with Crippen molar-refractivity contribution in [3.8, 4) is 0 Å². The van der Waals surface area contributed by atoms with Gasteiger partial charge in [0.15, 0.2) is 0 Å². The van der Waals surface area contributed by atoms with Gasteiger partial charge in [0.2, 0.25) is 23.6 Å². The average Bonchev–Trinajstić information content (AvgIpc) is 3.23.